The maximum atomic E-state index is 13.5. The van der Waals surface area contributed by atoms with E-state index < -0.39 is 29.9 Å². The molecule has 10 nitrogen and oxygen atoms in total. The summed E-state index contributed by atoms with van der Waals surface area (Å²) >= 11 is 0. The first-order chi connectivity index (χ1) is 13.9. The van der Waals surface area contributed by atoms with Crippen LogP contribution in [-0.2, 0) is 19.2 Å². The zero-order chi connectivity index (χ0) is 23.4. The molecule has 7 N–H and O–H groups in total. The van der Waals surface area contributed by atoms with Crippen molar-refractivity contribution in [3.8, 4) is 0 Å². The molecule has 0 aromatic carbocycles. The summed E-state index contributed by atoms with van der Waals surface area (Å²) < 4.78 is 0. The molecular formula is C20H38N6O4. The zero-order valence-corrected chi connectivity index (χ0v) is 18.8. The Balaban J connectivity index is 5.99. The second-order valence-corrected chi connectivity index (χ2v) is 8.33. The quantitative estimate of drug-likeness (QED) is 0.130. The van der Waals surface area contributed by atoms with Crippen LogP contribution in [0.15, 0.2) is 4.99 Å². The number of aliphatic imine (C=N–C) groups is 1. The number of aldehydes is 1. The van der Waals surface area contributed by atoms with Crippen molar-refractivity contribution in [3.05, 3.63) is 0 Å². The van der Waals surface area contributed by atoms with Crippen molar-refractivity contribution >= 4 is 30.0 Å². The Labute approximate surface area is 179 Å². The molecule has 0 heterocycles. The SMILES string of the molecule is CC(=O)N[C@@H](CC(C)C)C(=O)N([C@H](C=O)CCCN=C(N)N)[C@@H](CC(C)C)C(N)=O. The Kier molecular flexibility index (Phi) is 12.4. The van der Waals surface area contributed by atoms with Crippen molar-refractivity contribution in [2.75, 3.05) is 6.54 Å². The van der Waals surface area contributed by atoms with Gasteiger partial charge in [0.1, 0.15) is 18.4 Å². The van der Waals surface area contributed by atoms with Gasteiger partial charge < -0.3 is 32.2 Å². The zero-order valence-electron chi connectivity index (χ0n) is 18.8. The number of carbonyl (C=O) groups excluding carboxylic acids is 4. The molecule has 0 unspecified atom stereocenters. The topological polar surface area (TPSA) is 174 Å². The number of hydrogen-bond acceptors (Lipinski definition) is 5. The molecule has 3 atom stereocenters. The van der Waals surface area contributed by atoms with Gasteiger partial charge in [-0.3, -0.25) is 19.4 Å². The van der Waals surface area contributed by atoms with Crippen LogP contribution in [0.4, 0.5) is 0 Å². The standard InChI is InChI=1S/C20H38N6O4/c1-12(2)9-16(25-14(5)28)19(30)26(17(18(21)29)10-13(3)4)15(11-27)7-6-8-24-20(22)23/h11-13,15-17H,6-10H2,1-5H3,(H2,21,29)(H,25,28)(H4,22,23,24)/t15-,16-,17-/m0/s1. The van der Waals surface area contributed by atoms with Gasteiger partial charge in [0.25, 0.3) is 0 Å². The average molecular weight is 427 g/mol. The van der Waals surface area contributed by atoms with Crippen molar-refractivity contribution in [2.24, 2.45) is 34.0 Å². The fraction of sp³-hybridized carbons (Fsp3) is 0.750. The summed E-state index contributed by atoms with van der Waals surface area (Å²) in [5.74, 6) is -1.48. The highest BCUT2D eigenvalue weighted by atomic mass is 16.2. The normalized spacial score (nSPS) is 14.0. The van der Waals surface area contributed by atoms with E-state index in [1.807, 2.05) is 27.7 Å². The van der Waals surface area contributed by atoms with Crippen LogP contribution in [0.1, 0.15) is 60.3 Å². The van der Waals surface area contributed by atoms with Gasteiger partial charge in [-0.15, -0.1) is 0 Å². The van der Waals surface area contributed by atoms with E-state index in [4.69, 9.17) is 17.2 Å². The van der Waals surface area contributed by atoms with Crippen LogP contribution in [0.5, 0.6) is 0 Å². The average Bonchev–Trinajstić information content (AvgIpc) is 2.60. The highest BCUT2D eigenvalue weighted by Crippen LogP contribution is 2.20. The predicted molar refractivity (Wildman–Crippen MR) is 116 cm³/mol. The lowest BCUT2D eigenvalue weighted by Crippen LogP contribution is -2.59. The minimum atomic E-state index is -0.973. The lowest BCUT2D eigenvalue weighted by Gasteiger charge is -2.37. The van der Waals surface area contributed by atoms with E-state index in [-0.39, 0.29) is 36.7 Å². The number of nitrogens with zero attached hydrogens (tertiary/aromatic N) is 2. The first-order valence-electron chi connectivity index (χ1n) is 10.3. The van der Waals surface area contributed by atoms with Gasteiger partial charge in [0, 0.05) is 13.5 Å². The van der Waals surface area contributed by atoms with Crippen LogP contribution < -0.4 is 22.5 Å². The molecule has 0 saturated carbocycles. The van der Waals surface area contributed by atoms with E-state index >= 15 is 0 Å². The minimum absolute atomic E-state index is 0.0519. The van der Waals surface area contributed by atoms with Crippen LogP contribution in [0.25, 0.3) is 0 Å². The molecule has 172 valence electrons. The third-order valence-corrected chi connectivity index (χ3v) is 4.46. The van der Waals surface area contributed by atoms with Crippen LogP contribution in [0.3, 0.4) is 0 Å². The van der Waals surface area contributed by atoms with Gasteiger partial charge in [0.05, 0.1) is 6.04 Å². The monoisotopic (exact) mass is 426 g/mol. The Morgan fingerprint density at radius 2 is 1.60 bits per heavy atom. The van der Waals surface area contributed by atoms with E-state index in [0.29, 0.717) is 25.5 Å². The largest absolute Gasteiger partial charge is 0.370 e. The molecule has 0 aliphatic carbocycles. The maximum absolute atomic E-state index is 13.5. The molecule has 0 rings (SSSR count). The Bertz CT molecular complexity index is 616. The lowest BCUT2D eigenvalue weighted by molar-refractivity contribution is -0.147. The van der Waals surface area contributed by atoms with Crippen LogP contribution in [0, 0.1) is 11.8 Å². The molecule has 0 saturated heterocycles. The van der Waals surface area contributed by atoms with E-state index in [2.05, 4.69) is 10.3 Å². The minimum Gasteiger partial charge on any atom is -0.370 e. The molecule has 0 fully saturated rings. The Hall–Kier alpha value is -2.65. The summed E-state index contributed by atoms with van der Waals surface area (Å²) in [6.45, 7) is 9.22. The highest BCUT2D eigenvalue weighted by Gasteiger charge is 2.38. The van der Waals surface area contributed by atoms with Crippen molar-refractivity contribution in [1.82, 2.24) is 10.2 Å². The fourth-order valence-electron chi connectivity index (χ4n) is 3.26. The van der Waals surface area contributed by atoms with Gasteiger partial charge in [-0.1, -0.05) is 27.7 Å². The smallest absolute Gasteiger partial charge is 0.246 e. The second kappa shape index (κ2) is 13.6. The van der Waals surface area contributed by atoms with Crippen molar-refractivity contribution < 1.29 is 19.2 Å². The number of amides is 3. The van der Waals surface area contributed by atoms with E-state index in [1.54, 1.807) is 0 Å². The van der Waals surface area contributed by atoms with E-state index in [1.165, 1.54) is 11.8 Å². The van der Waals surface area contributed by atoms with Crippen molar-refractivity contribution in [3.63, 3.8) is 0 Å². The summed E-state index contributed by atoms with van der Waals surface area (Å²) in [5, 5.41) is 2.65. The molecule has 0 aromatic rings. The third kappa shape index (κ3) is 10.2. The number of carbonyl (C=O) groups is 4. The van der Waals surface area contributed by atoms with E-state index in [9.17, 15) is 19.2 Å². The summed E-state index contributed by atoms with van der Waals surface area (Å²) in [4.78, 5) is 54.5. The van der Waals surface area contributed by atoms with Crippen LogP contribution in [-0.4, -0.2) is 59.5 Å². The van der Waals surface area contributed by atoms with Crippen molar-refractivity contribution in [1.29, 1.82) is 0 Å². The van der Waals surface area contributed by atoms with Gasteiger partial charge in [-0.25, -0.2) is 0 Å². The summed E-state index contributed by atoms with van der Waals surface area (Å²) in [6.07, 6.45) is 1.97. The fourth-order valence-corrected chi connectivity index (χ4v) is 3.26. The molecule has 10 heteroatoms. The van der Waals surface area contributed by atoms with Gasteiger partial charge in [0.2, 0.25) is 17.7 Å². The lowest BCUT2D eigenvalue weighted by atomic mass is 9.95. The molecule has 0 spiro atoms. The number of nitrogens with one attached hydrogen (secondary N) is 1. The molecular weight excluding hydrogens is 388 g/mol. The molecule has 30 heavy (non-hydrogen) atoms. The number of rotatable bonds is 14. The summed E-state index contributed by atoms with van der Waals surface area (Å²) in [5.41, 5.74) is 16.3. The first kappa shape index (κ1) is 27.4. The Morgan fingerprint density at radius 1 is 1.03 bits per heavy atom. The number of nitrogens with two attached hydrogens (primary N) is 3. The molecule has 0 bridgehead atoms. The molecule has 0 aliphatic heterocycles. The van der Waals surface area contributed by atoms with Gasteiger partial charge in [-0.05, 0) is 37.5 Å². The van der Waals surface area contributed by atoms with Crippen molar-refractivity contribution in [2.45, 2.75) is 78.4 Å². The second-order valence-electron chi connectivity index (χ2n) is 8.33. The molecule has 0 aliphatic rings. The van der Waals surface area contributed by atoms with Crippen LogP contribution in [0.2, 0.25) is 0 Å². The summed E-state index contributed by atoms with van der Waals surface area (Å²) in [7, 11) is 0. The van der Waals surface area contributed by atoms with E-state index in [0.717, 1.165) is 0 Å². The highest BCUT2D eigenvalue weighted by molar-refractivity contribution is 5.93. The van der Waals surface area contributed by atoms with Gasteiger partial charge in [0.15, 0.2) is 5.96 Å². The van der Waals surface area contributed by atoms with Gasteiger partial charge >= 0.3 is 0 Å². The van der Waals surface area contributed by atoms with Crippen LogP contribution >= 0.6 is 0 Å². The number of primary amides is 1. The predicted octanol–water partition coefficient (Wildman–Crippen LogP) is -0.113. The first-order valence-corrected chi connectivity index (χ1v) is 10.3. The molecule has 0 radical (unpaired) electrons. The summed E-state index contributed by atoms with van der Waals surface area (Å²) in [6, 6.07) is -2.73. The number of guanidine groups is 1. The van der Waals surface area contributed by atoms with Gasteiger partial charge in [-0.2, -0.15) is 0 Å². The third-order valence-electron chi connectivity index (χ3n) is 4.46. The Morgan fingerprint density at radius 3 is 2.00 bits per heavy atom. The maximum Gasteiger partial charge on any atom is 0.246 e. The number of hydrogen-bond donors (Lipinski definition) is 4. The molecule has 3 amide bonds. The molecule has 0 aromatic heterocycles.